The highest BCUT2D eigenvalue weighted by Gasteiger charge is 2.23. The summed E-state index contributed by atoms with van der Waals surface area (Å²) in [5.41, 5.74) is 2.15. The minimum Gasteiger partial charge on any atom is -0.444 e. The van der Waals surface area contributed by atoms with Crippen molar-refractivity contribution in [1.82, 2.24) is 19.5 Å². The van der Waals surface area contributed by atoms with Gasteiger partial charge in [0.05, 0.1) is 11.8 Å². The maximum atomic E-state index is 12.0. The second-order valence-corrected chi connectivity index (χ2v) is 6.63. The molecule has 0 unspecified atom stereocenters. The molecular formula is C18H20N4O2. The first-order valence-electron chi connectivity index (χ1n) is 7.89. The van der Waals surface area contributed by atoms with Crippen LogP contribution in [0.4, 0.5) is 4.79 Å². The number of aromatic nitrogens is 3. The second kappa shape index (κ2) is 6.36. The molecule has 0 radical (unpaired) electrons. The van der Waals surface area contributed by atoms with E-state index in [-0.39, 0.29) is 6.09 Å². The third-order valence-corrected chi connectivity index (χ3v) is 3.47. The molecule has 0 bridgehead atoms. The van der Waals surface area contributed by atoms with E-state index in [0.29, 0.717) is 13.1 Å². The highest BCUT2D eigenvalue weighted by Crippen LogP contribution is 2.15. The van der Waals surface area contributed by atoms with Crippen LogP contribution in [0.5, 0.6) is 0 Å². The molecule has 1 amide bonds. The summed E-state index contributed by atoms with van der Waals surface area (Å²) in [5, 5.41) is 4.15. The quantitative estimate of drug-likeness (QED) is 0.699. The fraction of sp³-hybridized carbons (Fsp3) is 0.389. The van der Waals surface area contributed by atoms with Gasteiger partial charge in [-0.05, 0) is 27.2 Å². The van der Waals surface area contributed by atoms with Gasteiger partial charge in [-0.15, -0.1) is 0 Å². The number of hydrogen-bond donors (Lipinski definition) is 0. The van der Waals surface area contributed by atoms with E-state index >= 15 is 0 Å². The van der Waals surface area contributed by atoms with Crippen LogP contribution in [0.15, 0.2) is 36.3 Å². The molecule has 24 heavy (non-hydrogen) atoms. The van der Waals surface area contributed by atoms with Gasteiger partial charge in [-0.1, -0.05) is 17.9 Å². The Labute approximate surface area is 141 Å². The molecule has 2 aromatic rings. The van der Waals surface area contributed by atoms with Gasteiger partial charge in [0.1, 0.15) is 5.60 Å². The van der Waals surface area contributed by atoms with Crippen molar-refractivity contribution in [3.63, 3.8) is 0 Å². The fourth-order valence-electron chi connectivity index (χ4n) is 2.30. The minimum atomic E-state index is -0.473. The van der Waals surface area contributed by atoms with Crippen molar-refractivity contribution in [3.8, 4) is 11.8 Å². The summed E-state index contributed by atoms with van der Waals surface area (Å²) < 4.78 is 7.08. The van der Waals surface area contributed by atoms with Crippen LogP contribution in [-0.2, 0) is 4.74 Å². The first-order chi connectivity index (χ1) is 11.4. The number of rotatable bonds is 0. The van der Waals surface area contributed by atoms with Gasteiger partial charge in [0.15, 0.2) is 5.65 Å². The number of fused-ring (bicyclic) bond motifs is 1. The fourth-order valence-corrected chi connectivity index (χ4v) is 2.30. The van der Waals surface area contributed by atoms with E-state index in [1.165, 1.54) is 0 Å². The summed E-state index contributed by atoms with van der Waals surface area (Å²) in [6.45, 7) is 6.74. The standard InChI is InChI=1S/C18H20N4O2/c1-18(2,3)24-17(23)21-10-7-14(8-11-21)4-5-15-12-19-16-6-9-20-22(16)13-15/h6-7,9,12-13H,8,10-11H2,1-3H3. The largest absolute Gasteiger partial charge is 0.444 e. The molecule has 1 aliphatic rings. The molecule has 1 aliphatic heterocycles. The molecule has 0 aromatic carbocycles. The monoisotopic (exact) mass is 324 g/mol. The molecule has 124 valence electrons. The van der Waals surface area contributed by atoms with Crippen LogP contribution in [-0.4, -0.2) is 44.3 Å². The number of carbonyl (C=O) groups is 1. The zero-order chi connectivity index (χ0) is 17.2. The van der Waals surface area contributed by atoms with E-state index in [2.05, 4.69) is 21.9 Å². The van der Waals surface area contributed by atoms with E-state index in [9.17, 15) is 4.79 Å². The van der Waals surface area contributed by atoms with Crippen LogP contribution in [0.3, 0.4) is 0 Å². The number of amides is 1. The highest BCUT2D eigenvalue weighted by molar-refractivity contribution is 5.68. The van der Waals surface area contributed by atoms with Crippen LogP contribution >= 0.6 is 0 Å². The van der Waals surface area contributed by atoms with Gasteiger partial charge < -0.3 is 9.64 Å². The van der Waals surface area contributed by atoms with Crippen LogP contribution in [0.1, 0.15) is 32.8 Å². The van der Waals surface area contributed by atoms with E-state index in [1.54, 1.807) is 21.8 Å². The molecule has 2 aromatic heterocycles. The van der Waals surface area contributed by atoms with Gasteiger partial charge in [-0.25, -0.2) is 14.3 Å². The summed E-state index contributed by atoms with van der Waals surface area (Å²) in [7, 11) is 0. The summed E-state index contributed by atoms with van der Waals surface area (Å²) in [6, 6.07) is 1.84. The molecule has 6 heteroatoms. The summed E-state index contributed by atoms with van der Waals surface area (Å²) in [4.78, 5) is 18.0. The number of carbonyl (C=O) groups excluding carboxylic acids is 1. The van der Waals surface area contributed by atoms with Gasteiger partial charge in [-0.2, -0.15) is 5.10 Å². The van der Waals surface area contributed by atoms with Crippen molar-refractivity contribution in [2.75, 3.05) is 13.1 Å². The molecule has 6 nitrogen and oxygen atoms in total. The highest BCUT2D eigenvalue weighted by atomic mass is 16.6. The Morgan fingerprint density at radius 2 is 2.17 bits per heavy atom. The molecule has 0 N–H and O–H groups in total. The summed E-state index contributed by atoms with van der Waals surface area (Å²) >= 11 is 0. The third-order valence-electron chi connectivity index (χ3n) is 3.47. The molecule has 0 aliphatic carbocycles. The lowest BCUT2D eigenvalue weighted by molar-refractivity contribution is 0.0267. The van der Waals surface area contributed by atoms with Crippen LogP contribution in [0.2, 0.25) is 0 Å². The first kappa shape index (κ1) is 16.1. The van der Waals surface area contributed by atoms with Crippen molar-refractivity contribution in [2.24, 2.45) is 0 Å². The van der Waals surface area contributed by atoms with Crippen molar-refractivity contribution in [2.45, 2.75) is 32.8 Å². The van der Waals surface area contributed by atoms with Crippen LogP contribution < -0.4 is 0 Å². The normalized spacial score (nSPS) is 14.8. The Morgan fingerprint density at radius 1 is 1.33 bits per heavy atom. The number of ether oxygens (including phenoxy) is 1. The first-order valence-corrected chi connectivity index (χ1v) is 7.89. The number of hydrogen-bond acceptors (Lipinski definition) is 4. The molecule has 0 fully saturated rings. The average molecular weight is 324 g/mol. The van der Waals surface area contributed by atoms with Gasteiger partial charge in [-0.3, -0.25) is 0 Å². The van der Waals surface area contributed by atoms with Gasteiger partial charge in [0.25, 0.3) is 0 Å². The van der Waals surface area contributed by atoms with Gasteiger partial charge in [0.2, 0.25) is 0 Å². The zero-order valence-corrected chi connectivity index (χ0v) is 14.1. The molecule has 0 atom stereocenters. The topological polar surface area (TPSA) is 59.7 Å². The summed E-state index contributed by atoms with van der Waals surface area (Å²) in [6.07, 6.45) is 7.71. The lowest BCUT2D eigenvalue weighted by Gasteiger charge is -2.28. The maximum Gasteiger partial charge on any atom is 0.410 e. The second-order valence-electron chi connectivity index (χ2n) is 6.63. The van der Waals surface area contributed by atoms with E-state index in [0.717, 1.165) is 23.2 Å². The predicted molar refractivity (Wildman–Crippen MR) is 90.4 cm³/mol. The molecule has 0 saturated carbocycles. The molecule has 3 heterocycles. The molecular weight excluding hydrogens is 304 g/mol. The van der Waals surface area contributed by atoms with E-state index < -0.39 is 5.60 Å². The van der Waals surface area contributed by atoms with Crippen LogP contribution in [0, 0.1) is 11.8 Å². The molecule has 3 rings (SSSR count). The maximum absolute atomic E-state index is 12.0. The smallest absolute Gasteiger partial charge is 0.410 e. The van der Waals surface area contributed by atoms with Crippen molar-refractivity contribution in [3.05, 3.63) is 41.9 Å². The molecule has 0 spiro atoms. The van der Waals surface area contributed by atoms with Gasteiger partial charge in [0, 0.05) is 37.1 Å². The van der Waals surface area contributed by atoms with E-state index in [4.69, 9.17) is 4.74 Å². The minimum absolute atomic E-state index is 0.279. The lowest BCUT2D eigenvalue weighted by atomic mass is 10.1. The SMILES string of the molecule is CC(C)(C)OC(=O)N1CC=C(C#Cc2cnc3ccnn3c2)CC1. The molecule has 0 saturated heterocycles. The van der Waals surface area contributed by atoms with Crippen LogP contribution in [0.25, 0.3) is 5.65 Å². The van der Waals surface area contributed by atoms with Gasteiger partial charge >= 0.3 is 6.09 Å². The van der Waals surface area contributed by atoms with Crippen molar-refractivity contribution in [1.29, 1.82) is 0 Å². The Bertz CT molecular complexity index is 849. The Balaban J connectivity index is 1.64. The lowest BCUT2D eigenvalue weighted by Crippen LogP contribution is -2.39. The van der Waals surface area contributed by atoms with Crippen molar-refractivity contribution < 1.29 is 9.53 Å². The average Bonchev–Trinajstić information content (AvgIpc) is 2.99. The Morgan fingerprint density at radius 3 is 2.88 bits per heavy atom. The predicted octanol–water partition coefficient (Wildman–Crippen LogP) is 2.65. The number of nitrogens with zero attached hydrogens (tertiary/aromatic N) is 4. The Kier molecular flexibility index (Phi) is 4.26. The van der Waals surface area contributed by atoms with Crippen molar-refractivity contribution >= 4 is 11.7 Å². The van der Waals surface area contributed by atoms with E-state index in [1.807, 2.05) is 39.1 Å². The third kappa shape index (κ3) is 3.93. The Hall–Kier alpha value is -2.81. The zero-order valence-electron chi connectivity index (χ0n) is 14.1. The summed E-state index contributed by atoms with van der Waals surface area (Å²) in [5.74, 6) is 6.26.